The Hall–Kier alpha value is -1.76. The molecule has 122 valence electrons. The molecule has 2 rings (SSSR count). The predicted octanol–water partition coefficient (Wildman–Crippen LogP) is 4.03. The largest absolute Gasteiger partial charge is 0.377 e. The van der Waals surface area contributed by atoms with E-state index in [-0.39, 0.29) is 22.2 Å². The predicted molar refractivity (Wildman–Crippen MR) is 89.8 cm³/mol. The molecule has 0 unspecified atom stereocenters. The zero-order chi connectivity index (χ0) is 17.2. The Morgan fingerprint density at radius 1 is 1.13 bits per heavy atom. The van der Waals surface area contributed by atoms with E-state index in [1.165, 1.54) is 43.3 Å². The van der Waals surface area contributed by atoms with Crippen molar-refractivity contribution < 1.29 is 17.4 Å². The maximum absolute atomic E-state index is 12.4. The van der Waals surface area contributed by atoms with Gasteiger partial charge in [0.15, 0.2) is 5.75 Å². The molecule has 0 radical (unpaired) electrons. The molecule has 5 nitrogen and oxygen atoms in total. The van der Waals surface area contributed by atoms with Gasteiger partial charge in [0.2, 0.25) is 5.91 Å². The minimum atomic E-state index is -4.08. The van der Waals surface area contributed by atoms with Crippen LogP contribution in [0.4, 0.5) is 5.69 Å². The van der Waals surface area contributed by atoms with Gasteiger partial charge >= 0.3 is 10.1 Å². The average molecular weight is 374 g/mol. The van der Waals surface area contributed by atoms with Crippen LogP contribution in [-0.2, 0) is 14.9 Å². The first kappa shape index (κ1) is 17.6. The Bertz CT molecular complexity index is 866. The van der Waals surface area contributed by atoms with Gasteiger partial charge in [0.1, 0.15) is 4.90 Å². The van der Waals surface area contributed by atoms with Gasteiger partial charge in [-0.1, -0.05) is 23.2 Å². The van der Waals surface area contributed by atoms with E-state index >= 15 is 0 Å². The molecule has 0 heterocycles. The second-order valence-electron chi connectivity index (χ2n) is 4.77. The van der Waals surface area contributed by atoms with Crippen molar-refractivity contribution in [3.05, 3.63) is 52.0 Å². The van der Waals surface area contributed by atoms with Crippen molar-refractivity contribution in [2.75, 3.05) is 5.32 Å². The molecular weight excluding hydrogens is 361 g/mol. The third kappa shape index (κ3) is 4.37. The topological polar surface area (TPSA) is 72.5 Å². The number of benzene rings is 2. The van der Waals surface area contributed by atoms with E-state index in [1.54, 1.807) is 6.92 Å². The molecule has 2 aromatic rings. The molecule has 0 saturated heterocycles. The van der Waals surface area contributed by atoms with E-state index in [9.17, 15) is 13.2 Å². The first-order chi connectivity index (χ1) is 10.7. The number of hydrogen-bond acceptors (Lipinski definition) is 4. The van der Waals surface area contributed by atoms with E-state index in [4.69, 9.17) is 27.4 Å². The van der Waals surface area contributed by atoms with Crippen LogP contribution in [0.25, 0.3) is 0 Å². The van der Waals surface area contributed by atoms with Gasteiger partial charge in [-0.3, -0.25) is 4.79 Å². The van der Waals surface area contributed by atoms with Crippen molar-refractivity contribution >= 4 is 44.9 Å². The number of carbonyl (C=O) groups is 1. The van der Waals surface area contributed by atoms with Crippen LogP contribution in [0.3, 0.4) is 0 Å². The molecule has 23 heavy (non-hydrogen) atoms. The Balaban J connectivity index is 2.40. The number of rotatable bonds is 4. The fourth-order valence-corrected chi connectivity index (χ4v) is 3.12. The molecule has 0 aromatic heterocycles. The highest BCUT2D eigenvalue weighted by atomic mass is 35.5. The van der Waals surface area contributed by atoms with Crippen molar-refractivity contribution in [3.8, 4) is 5.75 Å². The van der Waals surface area contributed by atoms with Crippen molar-refractivity contribution in [1.29, 1.82) is 0 Å². The summed E-state index contributed by atoms with van der Waals surface area (Å²) in [5, 5.41) is 3.26. The van der Waals surface area contributed by atoms with E-state index < -0.39 is 10.1 Å². The molecule has 1 N–H and O–H groups in total. The van der Waals surface area contributed by atoms with E-state index in [0.717, 1.165) is 0 Å². The monoisotopic (exact) mass is 373 g/mol. The molecular formula is C15H13Cl2NO4S. The summed E-state index contributed by atoms with van der Waals surface area (Å²) in [5.41, 5.74) is 0.772. The Morgan fingerprint density at radius 3 is 2.43 bits per heavy atom. The summed E-state index contributed by atoms with van der Waals surface area (Å²) >= 11 is 11.7. The molecule has 0 fully saturated rings. The highest BCUT2D eigenvalue weighted by Gasteiger charge is 2.20. The van der Waals surface area contributed by atoms with Crippen molar-refractivity contribution in [1.82, 2.24) is 0 Å². The number of aryl methyl sites for hydroxylation is 1. The summed E-state index contributed by atoms with van der Waals surface area (Å²) in [7, 11) is -4.08. The summed E-state index contributed by atoms with van der Waals surface area (Å²) in [6.45, 7) is 2.98. The highest BCUT2D eigenvalue weighted by Crippen LogP contribution is 2.31. The number of amides is 1. The Morgan fingerprint density at radius 2 is 1.83 bits per heavy atom. The van der Waals surface area contributed by atoms with Crippen LogP contribution in [0.5, 0.6) is 5.75 Å². The Kier molecular flexibility index (Phi) is 5.19. The quantitative estimate of drug-likeness (QED) is 0.821. The molecule has 8 heteroatoms. The summed E-state index contributed by atoms with van der Waals surface area (Å²) in [6.07, 6.45) is 0. The lowest BCUT2D eigenvalue weighted by molar-refractivity contribution is -0.114. The van der Waals surface area contributed by atoms with Gasteiger partial charge in [-0.25, -0.2) is 0 Å². The number of carbonyl (C=O) groups excluding carboxylic acids is 1. The van der Waals surface area contributed by atoms with Gasteiger partial charge in [-0.2, -0.15) is 8.42 Å². The first-order valence-corrected chi connectivity index (χ1v) is 8.63. The third-order valence-corrected chi connectivity index (χ3v) is 4.76. The zero-order valence-corrected chi connectivity index (χ0v) is 14.6. The van der Waals surface area contributed by atoms with Gasteiger partial charge < -0.3 is 9.50 Å². The number of anilines is 1. The molecule has 0 saturated carbocycles. The van der Waals surface area contributed by atoms with Crippen LogP contribution < -0.4 is 9.50 Å². The SMILES string of the molecule is CC(=O)Nc1cc(Cl)ccc1OS(=O)(=O)c1ccc(Cl)c(C)c1. The summed E-state index contributed by atoms with van der Waals surface area (Å²) < 4.78 is 29.9. The van der Waals surface area contributed by atoms with Crippen LogP contribution in [0.1, 0.15) is 12.5 Å². The second kappa shape index (κ2) is 6.78. The summed E-state index contributed by atoms with van der Waals surface area (Å²) in [5.74, 6) is -0.408. The maximum atomic E-state index is 12.4. The van der Waals surface area contributed by atoms with Gasteiger partial charge in [-0.15, -0.1) is 0 Å². The lowest BCUT2D eigenvalue weighted by atomic mass is 10.2. The maximum Gasteiger partial charge on any atom is 0.339 e. The van der Waals surface area contributed by atoms with Gasteiger partial charge in [-0.05, 0) is 48.9 Å². The standard InChI is InChI=1S/C15H13Cl2NO4S/c1-9-7-12(4-5-13(9)17)23(20,21)22-15-6-3-11(16)8-14(15)18-10(2)19/h3-8H,1-2H3,(H,18,19). The van der Waals surface area contributed by atoms with Crippen molar-refractivity contribution in [3.63, 3.8) is 0 Å². The van der Waals surface area contributed by atoms with Crippen LogP contribution in [0.2, 0.25) is 10.0 Å². The smallest absolute Gasteiger partial charge is 0.339 e. The summed E-state index contributed by atoms with van der Waals surface area (Å²) in [4.78, 5) is 11.2. The molecule has 0 aliphatic carbocycles. The minimum Gasteiger partial charge on any atom is -0.377 e. The molecule has 0 bridgehead atoms. The van der Waals surface area contributed by atoms with Crippen LogP contribution in [0, 0.1) is 6.92 Å². The zero-order valence-electron chi connectivity index (χ0n) is 12.3. The third-order valence-electron chi connectivity index (χ3n) is 2.87. The second-order valence-corrected chi connectivity index (χ2v) is 7.16. The van der Waals surface area contributed by atoms with Crippen LogP contribution >= 0.6 is 23.2 Å². The highest BCUT2D eigenvalue weighted by molar-refractivity contribution is 7.87. The van der Waals surface area contributed by atoms with Gasteiger partial charge in [0.05, 0.1) is 5.69 Å². The number of hydrogen-bond donors (Lipinski definition) is 1. The van der Waals surface area contributed by atoms with E-state index in [1.807, 2.05) is 0 Å². The van der Waals surface area contributed by atoms with Gasteiger partial charge in [0.25, 0.3) is 0 Å². The molecule has 0 atom stereocenters. The molecule has 0 spiro atoms. The molecule has 1 amide bonds. The van der Waals surface area contributed by atoms with Crippen LogP contribution in [0.15, 0.2) is 41.3 Å². The normalized spacial score (nSPS) is 11.1. The van der Waals surface area contributed by atoms with Gasteiger partial charge in [0, 0.05) is 17.0 Å². The molecule has 0 aliphatic heterocycles. The average Bonchev–Trinajstić information content (AvgIpc) is 2.44. The van der Waals surface area contributed by atoms with E-state index in [2.05, 4.69) is 5.32 Å². The lowest BCUT2D eigenvalue weighted by Gasteiger charge is -2.12. The summed E-state index contributed by atoms with van der Waals surface area (Å²) in [6, 6.07) is 8.47. The van der Waals surface area contributed by atoms with Crippen molar-refractivity contribution in [2.45, 2.75) is 18.7 Å². The fraction of sp³-hybridized carbons (Fsp3) is 0.133. The fourth-order valence-electron chi connectivity index (χ4n) is 1.80. The molecule has 2 aromatic carbocycles. The number of halogens is 2. The Labute approximate surface area is 144 Å². The number of nitrogens with one attached hydrogen (secondary N) is 1. The minimum absolute atomic E-state index is 0.0304. The first-order valence-electron chi connectivity index (χ1n) is 6.47. The molecule has 0 aliphatic rings. The van der Waals surface area contributed by atoms with Crippen LogP contribution in [-0.4, -0.2) is 14.3 Å². The van der Waals surface area contributed by atoms with Crippen molar-refractivity contribution in [2.24, 2.45) is 0 Å². The lowest BCUT2D eigenvalue weighted by Crippen LogP contribution is -2.13. The van der Waals surface area contributed by atoms with E-state index in [0.29, 0.717) is 15.6 Å².